The molecule has 1 N–H and O–H groups in total. The van der Waals surface area contributed by atoms with E-state index in [1.807, 2.05) is 0 Å². The minimum Gasteiger partial charge on any atom is -0.297 e. The zero-order valence-corrected chi connectivity index (χ0v) is 12.5. The molecular weight excluding hydrogens is 325 g/mol. The minimum absolute atomic E-state index is 0.107. The van der Waals surface area contributed by atoms with Gasteiger partial charge in [-0.25, -0.2) is 18.1 Å². The summed E-state index contributed by atoms with van der Waals surface area (Å²) in [6, 6.07) is 1.35. The normalized spacial score (nSPS) is 11.2. The molecule has 2 rings (SSSR count). The van der Waals surface area contributed by atoms with Gasteiger partial charge in [0.2, 0.25) is 0 Å². The number of benzene rings is 1. The highest BCUT2D eigenvalue weighted by molar-refractivity contribution is 6.32. The Labute approximate surface area is 127 Å². The molecule has 0 aliphatic heterocycles. The number of aromatic amines is 1. The molecule has 0 saturated carbocycles. The second-order valence-corrected chi connectivity index (χ2v) is 5.46. The van der Waals surface area contributed by atoms with E-state index in [9.17, 15) is 18.4 Å². The smallest absolute Gasteiger partial charge is 0.297 e. The molecule has 0 fully saturated rings. The van der Waals surface area contributed by atoms with Crippen LogP contribution in [0.5, 0.6) is 0 Å². The van der Waals surface area contributed by atoms with Gasteiger partial charge in [0.15, 0.2) is 5.82 Å². The standard InChI is InChI=1S/C13H10Cl2F2N2O2/c1-5(2)9-11(15)18-13(21)19(12(9)20)10-7(14)3-6(16)4-8(10)17/h3-5H,1-2H3,(H,18,21). The van der Waals surface area contributed by atoms with E-state index in [2.05, 4.69) is 4.98 Å². The lowest BCUT2D eigenvalue weighted by atomic mass is 10.1. The van der Waals surface area contributed by atoms with Crippen molar-refractivity contribution in [1.29, 1.82) is 0 Å². The van der Waals surface area contributed by atoms with Crippen molar-refractivity contribution in [3.05, 3.63) is 60.3 Å². The molecule has 0 spiro atoms. The molecule has 1 aromatic carbocycles. The first-order valence-corrected chi connectivity index (χ1v) is 6.69. The lowest BCUT2D eigenvalue weighted by molar-refractivity contribution is 0.574. The number of rotatable bonds is 2. The third kappa shape index (κ3) is 2.73. The Morgan fingerprint density at radius 3 is 2.33 bits per heavy atom. The van der Waals surface area contributed by atoms with E-state index < -0.39 is 33.6 Å². The van der Waals surface area contributed by atoms with E-state index >= 15 is 0 Å². The van der Waals surface area contributed by atoms with Crippen LogP contribution in [0, 0.1) is 11.6 Å². The van der Waals surface area contributed by atoms with Gasteiger partial charge in [0, 0.05) is 6.07 Å². The summed E-state index contributed by atoms with van der Waals surface area (Å²) in [5.41, 5.74) is -2.16. The molecule has 0 saturated heterocycles. The molecule has 0 aliphatic carbocycles. The molecular formula is C13H10Cl2F2N2O2. The molecule has 0 radical (unpaired) electrons. The number of aromatic nitrogens is 2. The van der Waals surface area contributed by atoms with Crippen molar-refractivity contribution >= 4 is 23.2 Å². The number of hydrogen-bond donors (Lipinski definition) is 1. The average molecular weight is 335 g/mol. The Hall–Kier alpha value is -1.66. The van der Waals surface area contributed by atoms with Crippen LogP contribution in [0.25, 0.3) is 5.69 Å². The summed E-state index contributed by atoms with van der Waals surface area (Å²) in [6.07, 6.45) is 0. The minimum atomic E-state index is -1.12. The largest absolute Gasteiger partial charge is 0.334 e. The molecule has 0 aliphatic rings. The van der Waals surface area contributed by atoms with Crippen molar-refractivity contribution in [2.45, 2.75) is 19.8 Å². The molecule has 0 amide bonds. The van der Waals surface area contributed by atoms with Crippen LogP contribution >= 0.6 is 23.2 Å². The molecule has 0 unspecified atom stereocenters. The number of H-pyrrole nitrogens is 1. The maximum Gasteiger partial charge on any atom is 0.334 e. The molecule has 1 aromatic heterocycles. The fourth-order valence-electron chi connectivity index (χ4n) is 1.98. The van der Waals surface area contributed by atoms with Crippen molar-refractivity contribution in [2.24, 2.45) is 0 Å². The van der Waals surface area contributed by atoms with Crippen LogP contribution in [0.4, 0.5) is 8.78 Å². The molecule has 2 aromatic rings. The van der Waals surface area contributed by atoms with Gasteiger partial charge in [-0.2, -0.15) is 0 Å². The summed E-state index contributed by atoms with van der Waals surface area (Å²) in [4.78, 5) is 26.6. The predicted molar refractivity (Wildman–Crippen MR) is 76.7 cm³/mol. The Balaban J connectivity index is 2.93. The zero-order chi connectivity index (χ0) is 15.9. The lowest BCUT2D eigenvalue weighted by Crippen LogP contribution is -2.37. The summed E-state index contributed by atoms with van der Waals surface area (Å²) in [5.74, 6) is -2.34. The maximum atomic E-state index is 13.9. The van der Waals surface area contributed by atoms with E-state index in [1.165, 1.54) is 0 Å². The number of halogens is 4. The van der Waals surface area contributed by atoms with Gasteiger partial charge in [-0.05, 0) is 12.0 Å². The molecule has 21 heavy (non-hydrogen) atoms. The van der Waals surface area contributed by atoms with Gasteiger partial charge >= 0.3 is 5.69 Å². The second-order valence-electron chi connectivity index (χ2n) is 4.67. The molecule has 4 nitrogen and oxygen atoms in total. The highest BCUT2D eigenvalue weighted by Gasteiger charge is 2.21. The van der Waals surface area contributed by atoms with Gasteiger partial charge in [-0.1, -0.05) is 37.0 Å². The Bertz CT molecular complexity index is 805. The van der Waals surface area contributed by atoms with Gasteiger partial charge in [0.05, 0.1) is 10.6 Å². The first kappa shape index (κ1) is 15.7. The van der Waals surface area contributed by atoms with Crippen LogP contribution in [0.2, 0.25) is 10.2 Å². The van der Waals surface area contributed by atoms with Gasteiger partial charge in [-0.15, -0.1) is 0 Å². The van der Waals surface area contributed by atoms with E-state index in [0.29, 0.717) is 10.6 Å². The van der Waals surface area contributed by atoms with Crippen LogP contribution in [-0.2, 0) is 0 Å². The molecule has 0 atom stereocenters. The SMILES string of the molecule is CC(C)c1c(Cl)[nH]c(=O)n(-c2c(F)cc(F)cc2Cl)c1=O. The third-order valence-electron chi connectivity index (χ3n) is 2.87. The van der Waals surface area contributed by atoms with Gasteiger partial charge < -0.3 is 0 Å². The van der Waals surface area contributed by atoms with E-state index in [0.717, 1.165) is 6.07 Å². The van der Waals surface area contributed by atoms with Gasteiger partial charge in [-0.3, -0.25) is 9.78 Å². The van der Waals surface area contributed by atoms with Crippen LogP contribution in [0.15, 0.2) is 21.7 Å². The van der Waals surface area contributed by atoms with E-state index in [1.54, 1.807) is 13.8 Å². The Kier molecular flexibility index (Phi) is 4.20. The maximum absolute atomic E-state index is 13.9. The highest BCUT2D eigenvalue weighted by atomic mass is 35.5. The predicted octanol–water partition coefficient (Wildman–Crippen LogP) is 3.23. The van der Waals surface area contributed by atoms with Crippen LogP contribution in [0.3, 0.4) is 0 Å². The summed E-state index contributed by atoms with van der Waals surface area (Å²) < 4.78 is 27.5. The lowest BCUT2D eigenvalue weighted by Gasteiger charge is -2.13. The molecule has 0 bridgehead atoms. The van der Waals surface area contributed by atoms with Crippen molar-refractivity contribution in [1.82, 2.24) is 9.55 Å². The fraction of sp³-hybridized carbons (Fsp3) is 0.231. The zero-order valence-electron chi connectivity index (χ0n) is 11.0. The Morgan fingerprint density at radius 1 is 1.19 bits per heavy atom. The first-order chi connectivity index (χ1) is 9.73. The van der Waals surface area contributed by atoms with Crippen LogP contribution < -0.4 is 11.2 Å². The van der Waals surface area contributed by atoms with Gasteiger partial charge in [0.1, 0.15) is 16.7 Å². The molecule has 112 valence electrons. The molecule has 1 heterocycles. The number of hydrogen-bond acceptors (Lipinski definition) is 2. The number of nitrogens with one attached hydrogen (secondary N) is 1. The van der Waals surface area contributed by atoms with E-state index in [-0.39, 0.29) is 16.6 Å². The fourth-order valence-corrected chi connectivity index (χ4v) is 2.63. The van der Waals surface area contributed by atoms with Crippen molar-refractivity contribution in [2.75, 3.05) is 0 Å². The second kappa shape index (κ2) is 5.61. The summed E-state index contributed by atoms with van der Waals surface area (Å²) in [5, 5.41) is -0.507. The van der Waals surface area contributed by atoms with Gasteiger partial charge in [0.25, 0.3) is 5.56 Å². The van der Waals surface area contributed by atoms with Crippen molar-refractivity contribution in [3.8, 4) is 5.69 Å². The number of nitrogens with zero attached hydrogens (tertiary/aromatic N) is 1. The quantitative estimate of drug-likeness (QED) is 0.857. The summed E-state index contributed by atoms with van der Waals surface area (Å²) in [6.45, 7) is 3.38. The average Bonchev–Trinajstić information content (AvgIpc) is 2.30. The monoisotopic (exact) mass is 334 g/mol. The van der Waals surface area contributed by atoms with Crippen LogP contribution in [-0.4, -0.2) is 9.55 Å². The first-order valence-electron chi connectivity index (χ1n) is 5.93. The Morgan fingerprint density at radius 2 is 1.81 bits per heavy atom. The topological polar surface area (TPSA) is 54.9 Å². The van der Waals surface area contributed by atoms with Crippen molar-refractivity contribution < 1.29 is 8.78 Å². The van der Waals surface area contributed by atoms with Crippen LogP contribution in [0.1, 0.15) is 25.3 Å². The van der Waals surface area contributed by atoms with E-state index in [4.69, 9.17) is 23.2 Å². The highest BCUT2D eigenvalue weighted by Crippen LogP contribution is 2.24. The molecule has 8 heteroatoms. The summed E-state index contributed by atoms with van der Waals surface area (Å²) in [7, 11) is 0. The summed E-state index contributed by atoms with van der Waals surface area (Å²) >= 11 is 11.6. The third-order valence-corrected chi connectivity index (χ3v) is 3.46. The van der Waals surface area contributed by atoms with Crippen molar-refractivity contribution in [3.63, 3.8) is 0 Å².